The molecular formula is C31H30F17N7O5. The van der Waals surface area contributed by atoms with E-state index in [9.17, 15) is 93.8 Å². The van der Waals surface area contributed by atoms with Crippen molar-refractivity contribution in [2.45, 2.75) is 79.4 Å². The van der Waals surface area contributed by atoms with Crippen LogP contribution in [0.25, 0.3) is 10.4 Å². The molecular weight excluding hydrogens is 873 g/mol. The summed E-state index contributed by atoms with van der Waals surface area (Å²) in [6.07, 6.45) is -5.02. The maximum Gasteiger partial charge on any atom is 0.460 e. The second-order valence-corrected chi connectivity index (χ2v) is 12.4. The molecule has 2 N–H and O–H groups in total. The highest BCUT2D eigenvalue weighted by Crippen LogP contribution is 2.64. The number of terminal acetylenes is 1. The van der Waals surface area contributed by atoms with Crippen molar-refractivity contribution >= 4 is 29.5 Å². The minimum absolute atomic E-state index is 0.0993. The van der Waals surface area contributed by atoms with Crippen LogP contribution in [-0.2, 0) is 14.3 Å². The molecule has 1 aromatic carbocycles. The van der Waals surface area contributed by atoms with E-state index < -0.39 is 104 Å². The second kappa shape index (κ2) is 19.3. The summed E-state index contributed by atoms with van der Waals surface area (Å²) < 4.78 is 234. The quantitative estimate of drug-likeness (QED) is 0.0245. The molecule has 0 spiro atoms. The standard InChI is InChI=1S/C31H30F17N7O5/c1-4-13-55(21(57)17-8-7-9-18(15-17)51-23(59)52-19(22(58)54(2)3)10-5-6-12-50-53-49)16-20(56)60-14-11-24(32,33)25(34,35)26(36,37)27(38,39)28(40,41)29(42,43)30(44,45)31(46,47)48/h1,7-9,15,19H,5-6,10-14,16H2,2-3H3,(H2,51,52,59)/t19-/m0/s1. The summed E-state index contributed by atoms with van der Waals surface area (Å²) in [5.74, 6) is -59.6. The summed E-state index contributed by atoms with van der Waals surface area (Å²) >= 11 is 0. The number of hydrogen-bond donors (Lipinski definition) is 2. The van der Waals surface area contributed by atoms with Crippen molar-refractivity contribution in [1.82, 2.24) is 15.1 Å². The van der Waals surface area contributed by atoms with Gasteiger partial charge in [-0.25, -0.2) is 4.79 Å². The van der Waals surface area contributed by atoms with Gasteiger partial charge in [-0.1, -0.05) is 23.5 Å². The Morgan fingerprint density at radius 3 is 1.87 bits per heavy atom. The molecule has 12 nitrogen and oxygen atoms in total. The van der Waals surface area contributed by atoms with Crippen LogP contribution in [0.1, 0.15) is 36.0 Å². The smallest absolute Gasteiger partial charge is 0.460 e. The summed E-state index contributed by atoms with van der Waals surface area (Å²) in [4.78, 5) is 54.7. The van der Waals surface area contributed by atoms with Gasteiger partial charge < -0.3 is 25.2 Å². The van der Waals surface area contributed by atoms with E-state index in [0.29, 0.717) is 17.7 Å². The molecule has 0 fully saturated rings. The second-order valence-electron chi connectivity index (χ2n) is 12.4. The van der Waals surface area contributed by atoms with Crippen molar-refractivity contribution in [3.05, 3.63) is 40.3 Å². The number of hydrogen-bond acceptors (Lipinski definition) is 6. The average Bonchev–Trinajstić information content (AvgIpc) is 3.12. The molecule has 0 aromatic heterocycles. The first-order chi connectivity index (χ1) is 27.1. The highest BCUT2D eigenvalue weighted by atomic mass is 19.4. The van der Waals surface area contributed by atoms with Crippen LogP contribution >= 0.6 is 0 Å². The molecule has 0 saturated heterocycles. The van der Waals surface area contributed by atoms with Gasteiger partial charge in [0.05, 0.1) is 19.6 Å². The minimum atomic E-state index is -8.80. The normalized spacial score (nSPS) is 13.6. The van der Waals surface area contributed by atoms with Gasteiger partial charge in [-0.2, -0.15) is 74.6 Å². The number of rotatable bonds is 21. The zero-order valence-electron chi connectivity index (χ0n) is 30.3. The van der Waals surface area contributed by atoms with E-state index in [2.05, 4.69) is 25.4 Å². The molecule has 0 saturated carbocycles. The number of nitrogens with one attached hydrogen (secondary N) is 2. The molecule has 1 rings (SSSR count). The lowest BCUT2D eigenvalue weighted by molar-refractivity contribution is -0.461. The minimum Gasteiger partial charge on any atom is -0.464 e. The van der Waals surface area contributed by atoms with E-state index in [-0.39, 0.29) is 24.2 Å². The van der Waals surface area contributed by atoms with E-state index in [1.165, 1.54) is 25.1 Å². The van der Waals surface area contributed by atoms with Gasteiger partial charge in [0.15, 0.2) is 0 Å². The Morgan fingerprint density at radius 1 is 0.833 bits per heavy atom. The van der Waals surface area contributed by atoms with Gasteiger partial charge in [-0.3, -0.25) is 14.4 Å². The fraction of sp³-hybridized carbons (Fsp3) is 0.613. The largest absolute Gasteiger partial charge is 0.464 e. The number of alkyl halides is 17. The zero-order chi connectivity index (χ0) is 46.9. The molecule has 0 aliphatic heterocycles. The fourth-order valence-corrected chi connectivity index (χ4v) is 4.54. The summed E-state index contributed by atoms with van der Waals surface area (Å²) in [6, 6.07) is 2.36. The summed E-state index contributed by atoms with van der Waals surface area (Å²) in [7, 11) is 2.79. The molecule has 0 radical (unpaired) electrons. The Labute approximate surface area is 326 Å². The maximum absolute atomic E-state index is 14.2. The van der Waals surface area contributed by atoms with Crippen molar-refractivity contribution in [2.24, 2.45) is 5.11 Å². The molecule has 60 heavy (non-hydrogen) atoms. The molecule has 0 heterocycles. The summed E-state index contributed by atoms with van der Waals surface area (Å²) in [5.41, 5.74) is 7.83. The van der Waals surface area contributed by atoms with Gasteiger partial charge in [0.25, 0.3) is 5.91 Å². The number of benzene rings is 1. The third-order valence-electron chi connectivity index (χ3n) is 7.83. The van der Waals surface area contributed by atoms with Gasteiger partial charge >= 0.3 is 59.6 Å². The van der Waals surface area contributed by atoms with Crippen LogP contribution in [0.15, 0.2) is 29.4 Å². The van der Waals surface area contributed by atoms with E-state index in [1.807, 2.05) is 5.92 Å². The lowest BCUT2D eigenvalue weighted by Crippen LogP contribution is -2.74. The van der Waals surface area contributed by atoms with Crippen LogP contribution in [0.3, 0.4) is 0 Å². The number of unbranched alkanes of at least 4 members (excludes halogenated alkanes) is 1. The highest BCUT2D eigenvalue weighted by molar-refractivity contribution is 5.99. The number of carbonyl (C=O) groups excluding carboxylic acids is 4. The number of urea groups is 1. The molecule has 0 unspecified atom stereocenters. The summed E-state index contributed by atoms with van der Waals surface area (Å²) in [5, 5.41) is 8.04. The van der Waals surface area contributed by atoms with Crippen LogP contribution in [0.5, 0.6) is 0 Å². The molecule has 0 bridgehead atoms. The molecule has 0 aliphatic carbocycles. The van der Waals surface area contributed by atoms with Crippen LogP contribution in [-0.4, -0.2) is 128 Å². The van der Waals surface area contributed by atoms with Crippen LogP contribution in [0.2, 0.25) is 0 Å². The van der Waals surface area contributed by atoms with Crippen LogP contribution < -0.4 is 10.6 Å². The molecule has 1 atom stereocenters. The highest BCUT2D eigenvalue weighted by Gasteiger charge is 2.95. The number of halogens is 17. The van der Waals surface area contributed by atoms with E-state index in [0.717, 1.165) is 18.2 Å². The Hall–Kier alpha value is -5.42. The number of anilines is 1. The van der Waals surface area contributed by atoms with Crippen LogP contribution in [0.4, 0.5) is 85.1 Å². The van der Waals surface area contributed by atoms with Crippen LogP contribution in [0, 0.1) is 12.3 Å². The number of carbonyl (C=O) groups is 4. The van der Waals surface area contributed by atoms with Gasteiger partial charge in [0.1, 0.15) is 12.6 Å². The number of amides is 4. The number of esters is 1. The topological polar surface area (TPSA) is 157 Å². The first-order valence-corrected chi connectivity index (χ1v) is 16.1. The van der Waals surface area contributed by atoms with Gasteiger partial charge in [0, 0.05) is 36.8 Å². The third kappa shape index (κ3) is 11.0. The molecule has 0 aliphatic rings. The van der Waals surface area contributed by atoms with E-state index in [4.69, 9.17) is 12.0 Å². The van der Waals surface area contributed by atoms with Crippen molar-refractivity contribution in [3.63, 3.8) is 0 Å². The lowest BCUT2D eigenvalue weighted by Gasteiger charge is -2.42. The average molecular weight is 904 g/mol. The molecule has 1 aromatic rings. The Kier molecular flexibility index (Phi) is 16.9. The lowest BCUT2D eigenvalue weighted by atomic mass is 9.88. The van der Waals surface area contributed by atoms with Gasteiger partial charge in [0.2, 0.25) is 5.91 Å². The maximum atomic E-state index is 14.2. The zero-order valence-corrected chi connectivity index (χ0v) is 30.3. The molecule has 338 valence electrons. The Bertz CT molecular complexity index is 1800. The van der Waals surface area contributed by atoms with Crippen molar-refractivity contribution in [2.75, 3.05) is 45.7 Å². The van der Waals surface area contributed by atoms with Crippen molar-refractivity contribution in [1.29, 1.82) is 0 Å². The first-order valence-electron chi connectivity index (χ1n) is 16.1. The van der Waals surface area contributed by atoms with Gasteiger partial charge in [-0.15, -0.1) is 6.42 Å². The first kappa shape index (κ1) is 52.6. The number of azide groups is 1. The Morgan fingerprint density at radius 2 is 1.37 bits per heavy atom. The molecule has 29 heteroatoms. The number of ether oxygens (including phenoxy) is 1. The number of nitrogens with zero attached hydrogens (tertiary/aromatic N) is 5. The SMILES string of the molecule is C#CCN(CC(=O)OCCC(F)(F)C(F)(F)C(F)(F)C(F)(F)C(F)(F)C(F)(F)C(F)(F)C(F)(F)F)C(=O)c1cccc(NC(=O)N[C@@H](CCCCN=[N+]=[N-])C(=O)N(C)C)c1. The predicted molar refractivity (Wildman–Crippen MR) is 170 cm³/mol. The summed E-state index contributed by atoms with van der Waals surface area (Å²) in [6.45, 7) is -4.35. The predicted octanol–water partition coefficient (Wildman–Crippen LogP) is 7.76. The van der Waals surface area contributed by atoms with E-state index in [1.54, 1.807) is 0 Å². The molecule has 4 amide bonds. The van der Waals surface area contributed by atoms with Crippen molar-refractivity contribution in [3.8, 4) is 12.3 Å². The van der Waals surface area contributed by atoms with E-state index >= 15 is 0 Å². The fourth-order valence-electron chi connectivity index (χ4n) is 4.54. The monoisotopic (exact) mass is 903 g/mol. The Balaban J connectivity index is 3.13. The van der Waals surface area contributed by atoms with Gasteiger partial charge in [-0.05, 0) is 36.6 Å². The van der Waals surface area contributed by atoms with Crippen molar-refractivity contribution < 1.29 is 98.6 Å². The third-order valence-corrected chi connectivity index (χ3v) is 7.83. The number of likely N-dealkylation sites (N-methyl/N-ethyl adjacent to an activating group) is 1.